The van der Waals surface area contributed by atoms with Crippen molar-refractivity contribution in [2.75, 3.05) is 14.1 Å². The average molecular weight is 450 g/mol. The van der Waals surface area contributed by atoms with E-state index in [2.05, 4.69) is 0 Å². The highest BCUT2D eigenvalue weighted by Crippen LogP contribution is 2.33. The van der Waals surface area contributed by atoms with Gasteiger partial charge >= 0.3 is 0 Å². The summed E-state index contributed by atoms with van der Waals surface area (Å²) in [5.41, 5.74) is 3.23. The number of hydrogen-bond acceptors (Lipinski definition) is 1. The van der Waals surface area contributed by atoms with Crippen LogP contribution in [0.1, 0.15) is 11.1 Å². The second-order valence-electron chi connectivity index (χ2n) is 7.69. The summed E-state index contributed by atoms with van der Waals surface area (Å²) in [5, 5.41) is 0. The first kappa shape index (κ1) is 22.3. The molecule has 0 saturated heterocycles. The van der Waals surface area contributed by atoms with Gasteiger partial charge in [-0.25, -0.2) is 22.1 Å². The van der Waals surface area contributed by atoms with E-state index < -0.39 is 23.3 Å². The van der Waals surface area contributed by atoms with Gasteiger partial charge in [0.1, 0.15) is 25.6 Å². The van der Waals surface area contributed by atoms with Crippen LogP contribution in [0.2, 0.25) is 0 Å². The summed E-state index contributed by atoms with van der Waals surface area (Å²) in [6, 6.07) is 6.97. The molecule has 1 aliphatic heterocycles. The van der Waals surface area contributed by atoms with Crippen LogP contribution in [0.25, 0.3) is 11.3 Å². The van der Waals surface area contributed by atoms with Crippen LogP contribution in [0.3, 0.4) is 0 Å². The zero-order valence-electron chi connectivity index (χ0n) is 18.0. The topological polar surface area (TPSA) is 12.2 Å². The molecule has 2 aromatic rings. The van der Waals surface area contributed by atoms with E-state index in [-0.39, 0.29) is 5.76 Å². The third kappa shape index (κ3) is 5.12. The molecule has 166 valence electrons. The van der Waals surface area contributed by atoms with E-state index in [9.17, 15) is 17.6 Å². The number of hydrogen-bond donors (Lipinski definition) is 0. The highest BCUT2D eigenvalue weighted by Gasteiger charge is 2.17. The number of benzene rings is 2. The van der Waals surface area contributed by atoms with E-state index >= 15 is 0 Å². The third-order valence-electron chi connectivity index (χ3n) is 5.12. The summed E-state index contributed by atoms with van der Waals surface area (Å²) in [6.07, 6.45) is 14.6. The van der Waals surface area contributed by atoms with Crippen LogP contribution in [0.4, 0.5) is 17.6 Å². The predicted molar refractivity (Wildman–Crippen MR) is 121 cm³/mol. The number of halogens is 4. The first-order chi connectivity index (χ1) is 15.8. The van der Waals surface area contributed by atoms with Gasteiger partial charge in [-0.3, -0.25) is 0 Å². The van der Waals surface area contributed by atoms with E-state index in [1.165, 1.54) is 12.1 Å². The van der Waals surface area contributed by atoms with Crippen LogP contribution in [0, 0.1) is 23.3 Å². The molecule has 0 N–H and O–H groups in total. The summed E-state index contributed by atoms with van der Waals surface area (Å²) in [5.74, 6) is -3.29. The molecule has 6 heteroatoms. The van der Waals surface area contributed by atoms with Crippen molar-refractivity contribution in [1.82, 2.24) is 0 Å². The van der Waals surface area contributed by atoms with Gasteiger partial charge in [0.2, 0.25) is 0 Å². The Morgan fingerprint density at radius 3 is 1.91 bits per heavy atom. The van der Waals surface area contributed by atoms with Crippen molar-refractivity contribution in [3.8, 4) is 0 Å². The highest BCUT2D eigenvalue weighted by atomic mass is 19.2. The Morgan fingerprint density at radius 1 is 0.697 bits per heavy atom. The molecule has 2 nitrogen and oxygen atoms in total. The summed E-state index contributed by atoms with van der Waals surface area (Å²) < 4.78 is 62.4. The zero-order chi connectivity index (χ0) is 23.5. The predicted octanol–water partition coefficient (Wildman–Crippen LogP) is 6.35. The van der Waals surface area contributed by atoms with Gasteiger partial charge in [-0.1, -0.05) is 12.1 Å². The van der Waals surface area contributed by atoms with Crippen molar-refractivity contribution in [1.29, 1.82) is 0 Å². The fourth-order valence-corrected chi connectivity index (χ4v) is 3.30. The fraction of sp³-hybridized carbons (Fsp3) is 0.0741. The molecule has 2 aromatic carbocycles. The van der Waals surface area contributed by atoms with Crippen molar-refractivity contribution in [3.05, 3.63) is 131 Å². The molecule has 0 saturated carbocycles. The van der Waals surface area contributed by atoms with Gasteiger partial charge in [0, 0.05) is 17.7 Å². The highest BCUT2D eigenvalue weighted by molar-refractivity contribution is 6.02. The van der Waals surface area contributed by atoms with Crippen LogP contribution in [-0.2, 0) is 4.74 Å². The maximum atomic E-state index is 13.8. The Labute approximate surface area is 189 Å². The van der Waals surface area contributed by atoms with Crippen molar-refractivity contribution in [2.45, 2.75) is 0 Å². The van der Waals surface area contributed by atoms with Crippen LogP contribution in [0.15, 0.2) is 96.3 Å². The number of rotatable bonds is 3. The van der Waals surface area contributed by atoms with E-state index in [1.807, 2.05) is 49.1 Å². The number of nitrogens with zero attached hydrogens (tertiary/aromatic N) is 1. The Bertz CT molecular complexity index is 1320. The lowest BCUT2D eigenvalue weighted by atomic mass is 10.00. The minimum atomic E-state index is -1.01. The minimum absolute atomic E-state index is 0.249. The monoisotopic (exact) mass is 450 g/mol. The SMILES string of the molecule is C[N+](C)=C1C=CC(=CC=C2C=C(c3ccc(F)c(F)c3)C=C(c3ccc(F)c(F)c3)O2)C=C1. The van der Waals surface area contributed by atoms with Crippen molar-refractivity contribution in [2.24, 2.45) is 0 Å². The van der Waals surface area contributed by atoms with Crippen LogP contribution in [-0.4, -0.2) is 24.4 Å². The van der Waals surface area contributed by atoms with E-state index in [0.29, 0.717) is 22.5 Å². The summed E-state index contributed by atoms with van der Waals surface area (Å²) >= 11 is 0. The largest absolute Gasteiger partial charge is 0.457 e. The normalized spacial score (nSPS) is 16.5. The van der Waals surface area contributed by atoms with E-state index in [0.717, 1.165) is 35.6 Å². The summed E-state index contributed by atoms with van der Waals surface area (Å²) in [4.78, 5) is 0. The maximum Gasteiger partial charge on any atom is 0.199 e. The summed E-state index contributed by atoms with van der Waals surface area (Å²) in [6.45, 7) is 0. The number of allylic oxidation sites excluding steroid dienone is 10. The molecule has 0 aromatic heterocycles. The van der Waals surface area contributed by atoms with E-state index in [4.69, 9.17) is 4.74 Å². The lowest BCUT2D eigenvalue weighted by Gasteiger charge is -2.18. The Balaban J connectivity index is 1.73. The first-order valence-corrected chi connectivity index (χ1v) is 10.1. The van der Waals surface area contributed by atoms with Gasteiger partial charge in [0.15, 0.2) is 29.0 Å². The molecule has 2 aliphatic rings. The van der Waals surface area contributed by atoms with Crippen LogP contribution < -0.4 is 0 Å². The quantitative estimate of drug-likeness (QED) is 0.392. The molecular formula is C27H20F4NO+. The minimum Gasteiger partial charge on any atom is -0.457 e. The second kappa shape index (κ2) is 9.28. The van der Waals surface area contributed by atoms with Crippen molar-refractivity contribution in [3.63, 3.8) is 0 Å². The van der Waals surface area contributed by atoms with Gasteiger partial charge in [-0.15, -0.1) is 0 Å². The molecule has 0 radical (unpaired) electrons. The molecule has 0 amide bonds. The summed E-state index contributed by atoms with van der Waals surface area (Å²) in [7, 11) is 3.90. The molecule has 4 rings (SSSR count). The smallest absolute Gasteiger partial charge is 0.199 e. The van der Waals surface area contributed by atoms with Crippen LogP contribution >= 0.6 is 0 Å². The second-order valence-corrected chi connectivity index (χ2v) is 7.69. The van der Waals surface area contributed by atoms with Gasteiger partial charge in [-0.05, 0) is 77.4 Å². The molecule has 0 bridgehead atoms. The van der Waals surface area contributed by atoms with E-state index in [1.54, 1.807) is 18.2 Å². The fourth-order valence-electron chi connectivity index (χ4n) is 3.30. The molecule has 0 spiro atoms. The standard InChI is InChI=1S/C27H20F4NO/c1-32(2)21-8-3-17(4-9-21)5-10-22-13-20(18-6-11-23(28)25(30)14-18)16-27(33-22)19-7-12-24(29)26(31)15-19/h3-16H,1-2H3/q+1. The van der Waals surface area contributed by atoms with Gasteiger partial charge in [0.25, 0.3) is 0 Å². The molecule has 33 heavy (non-hydrogen) atoms. The first-order valence-electron chi connectivity index (χ1n) is 10.1. The van der Waals surface area contributed by atoms with Crippen LogP contribution in [0.5, 0.6) is 0 Å². The molecular weight excluding hydrogens is 430 g/mol. The lowest BCUT2D eigenvalue weighted by molar-refractivity contribution is -0.462. The maximum absolute atomic E-state index is 13.8. The molecule has 0 atom stereocenters. The van der Waals surface area contributed by atoms with Crippen molar-refractivity contribution >= 4 is 17.0 Å². The van der Waals surface area contributed by atoms with Gasteiger partial charge < -0.3 is 4.74 Å². The zero-order valence-corrected chi connectivity index (χ0v) is 18.0. The van der Waals surface area contributed by atoms with Gasteiger partial charge in [0.05, 0.1) is 0 Å². The molecule has 1 heterocycles. The van der Waals surface area contributed by atoms with Gasteiger partial charge in [-0.2, -0.15) is 0 Å². The third-order valence-corrected chi connectivity index (χ3v) is 5.12. The lowest BCUT2D eigenvalue weighted by Crippen LogP contribution is -2.09. The Kier molecular flexibility index (Phi) is 6.27. The Morgan fingerprint density at radius 2 is 1.30 bits per heavy atom. The molecule has 1 aliphatic carbocycles. The average Bonchev–Trinajstić information content (AvgIpc) is 2.81. The number of ether oxygens (including phenoxy) is 1. The Hall–Kier alpha value is -3.93. The molecule has 0 unspecified atom stereocenters. The van der Waals surface area contributed by atoms with Crippen molar-refractivity contribution < 1.29 is 26.9 Å². The molecule has 0 fully saturated rings.